The van der Waals surface area contributed by atoms with Gasteiger partial charge < -0.3 is 19.8 Å². The van der Waals surface area contributed by atoms with Crippen LogP contribution in [0.1, 0.15) is 81.7 Å². The molecule has 318 valence electrons. The van der Waals surface area contributed by atoms with Crippen molar-refractivity contribution in [3.8, 4) is 39.8 Å². The molecule has 0 saturated heterocycles. The fourth-order valence-electron chi connectivity index (χ4n) is 6.52. The molecule has 9 heterocycles. The number of halogens is 5. The van der Waals surface area contributed by atoms with Gasteiger partial charge in [0.05, 0.1) is 52.2 Å². The van der Waals surface area contributed by atoms with E-state index in [4.69, 9.17) is 34.8 Å². The van der Waals surface area contributed by atoms with E-state index >= 15 is 0 Å². The quantitative estimate of drug-likeness (QED) is 0.0866. The molecule has 0 atom stereocenters. The molecular formula is C44H40BrCl4LiN13-. The SMILES string of the molecule is CC(C)c1cnn2c(Br)cc(-c3ccnc(Cl)n3)cc12.CC(C)c1cnn2c(C#N)cc(-c3ccnc(Cl)n3)cc12.CC(C)c1cnn2ccc(-c3ccnc(Cl)n3)cc12.[CH3-].[Cl-].[Li+]. The summed E-state index contributed by atoms with van der Waals surface area (Å²) >= 11 is 21.1. The van der Waals surface area contributed by atoms with E-state index in [-0.39, 0.29) is 54.5 Å². The topological polar surface area (TPSA) is 153 Å². The van der Waals surface area contributed by atoms with E-state index in [0.29, 0.717) is 29.1 Å². The van der Waals surface area contributed by atoms with Gasteiger partial charge in [-0.05, 0) is 123 Å². The molecule has 19 heteroatoms. The van der Waals surface area contributed by atoms with Crippen LogP contribution < -0.4 is 31.3 Å². The Morgan fingerprint density at radius 1 is 0.571 bits per heavy atom. The van der Waals surface area contributed by atoms with E-state index in [1.807, 2.05) is 58.0 Å². The maximum Gasteiger partial charge on any atom is 1.00 e. The van der Waals surface area contributed by atoms with Crippen molar-refractivity contribution < 1.29 is 31.3 Å². The van der Waals surface area contributed by atoms with Crippen LogP contribution in [0.25, 0.3) is 50.3 Å². The third-order valence-electron chi connectivity index (χ3n) is 9.55. The molecule has 0 aliphatic carbocycles. The van der Waals surface area contributed by atoms with Gasteiger partial charge in [0.2, 0.25) is 15.9 Å². The monoisotopic (exact) mass is 976 g/mol. The van der Waals surface area contributed by atoms with Crippen LogP contribution in [0.5, 0.6) is 0 Å². The first kappa shape index (κ1) is 50.7. The van der Waals surface area contributed by atoms with Gasteiger partial charge in [-0.25, -0.2) is 43.5 Å². The van der Waals surface area contributed by atoms with Crippen molar-refractivity contribution >= 4 is 67.3 Å². The minimum atomic E-state index is 0. The zero-order valence-corrected chi connectivity index (χ0v) is 40.3. The molecule has 0 aliphatic heterocycles. The molecule has 0 radical (unpaired) electrons. The number of nitrogens with zero attached hydrogens (tertiary/aromatic N) is 13. The molecule has 13 nitrogen and oxygen atoms in total. The van der Waals surface area contributed by atoms with Gasteiger partial charge in [-0.1, -0.05) is 41.5 Å². The predicted octanol–water partition coefficient (Wildman–Crippen LogP) is 5.80. The summed E-state index contributed by atoms with van der Waals surface area (Å²) < 4.78 is 6.29. The molecule has 0 aromatic carbocycles. The van der Waals surface area contributed by atoms with Crippen LogP contribution in [0.2, 0.25) is 15.9 Å². The minimum Gasteiger partial charge on any atom is -1.00 e. The second kappa shape index (κ2) is 22.1. The molecule has 0 bridgehead atoms. The average Bonchev–Trinajstić information content (AvgIpc) is 3.98. The molecule has 0 amide bonds. The van der Waals surface area contributed by atoms with Gasteiger partial charge in [-0.3, -0.25) is 0 Å². The molecule has 9 aromatic rings. The first-order valence-electron chi connectivity index (χ1n) is 18.8. The maximum absolute atomic E-state index is 9.34. The Morgan fingerprint density at radius 2 is 0.984 bits per heavy atom. The summed E-state index contributed by atoms with van der Waals surface area (Å²) in [6, 6.07) is 19.5. The van der Waals surface area contributed by atoms with E-state index in [1.54, 1.807) is 41.4 Å². The second-order valence-corrected chi connectivity index (χ2v) is 16.4. The van der Waals surface area contributed by atoms with Gasteiger partial charge in [0.25, 0.3) is 0 Å². The Hall–Kier alpha value is -4.96. The third-order valence-corrected chi connectivity index (χ3v) is 10.7. The fraction of sp³-hybridized carbons (Fsp3) is 0.205. The van der Waals surface area contributed by atoms with E-state index in [2.05, 4.69) is 121 Å². The molecule has 63 heavy (non-hydrogen) atoms. The van der Waals surface area contributed by atoms with E-state index in [1.165, 1.54) is 11.1 Å². The molecule has 0 unspecified atom stereocenters. The van der Waals surface area contributed by atoms with E-state index in [9.17, 15) is 5.26 Å². The van der Waals surface area contributed by atoms with Gasteiger partial charge in [0.1, 0.15) is 16.4 Å². The molecule has 0 fully saturated rings. The summed E-state index contributed by atoms with van der Waals surface area (Å²) in [5.41, 5.74) is 12.2. The van der Waals surface area contributed by atoms with Crippen LogP contribution in [0.3, 0.4) is 0 Å². The minimum absolute atomic E-state index is 0. The van der Waals surface area contributed by atoms with Crippen molar-refractivity contribution in [2.75, 3.05) is 0 Å². The largest absolute Gasteiger partial charge is 1.00 e. The summed E-state index contributed by atoms with van der Waals surface area (Å²) in [6.45, 7) is 12.8. The summed E-state index contributed by atoms with van der Waals surface area (Å²) in [7, 11) is 0. The second-order valence-electron chi connectivity index (χ2n) is 14.5. The van der Waals surface area contributed by atoms with Gasteiger partial charge in [0.15, 0.2) is 0 Å². The Morgan fingerprint density at radius 3 is 1.46 bits per heavy atom. The summed E-state index contributed by atoms with van der Waals surface area (Å²) in [4.78, 5) is 24.4. The van der Waals surface area contributed by atoms with Crippen LogP contribution >= 0.6 is 50.7 Å². The first-order chi connectivity index (χ1) is 28.8. The average molecular weight is 980 g/mol. The number of rotatable bonds is 6. The van der Waals surface area contributed by atoms with Crippen molar-refractivity contribution in [3.63, 3.8) is 0 Å². The zero-order valence-electron chi connectivity index (χ0n) is 35.7. The summed E-state index contributed by atoms with van der Waals surface area (Å²) in [6.07, 6.45) is 12.5. The van der Waals surface area contributed by atoms with Crippen molar-refractivity contribution in [3.05, 3.63) is 148 Å². The zero-order chi connectivity index (χ0) is 42.7. The molecule has 0 N–H and O–H groups in total. The molecule has 0 spiro atoms. The van der Waals surface area contributed by atoms with Gasteiger partial charge in [-0.2, -0.15) is 20.6 Å². The molecule has 9 aromatic heterocycles. The Bertz CT molecular complexity index is 3030. The van der Waals surface area contributed by atoms with Crippen LogP contribution in [0, 0.1) is 18.8 Å². The van der Waals surface area contributed by atoms with Crippen LogP contribution in [0.15, 0.2) is 103 Å². The number of pyridine rings is 3. The fourth-order valence-corrected chi connectivity index (χ4v) is 7.50. The molecular weight excluding hydrogens is 939 g/mol. The predicted molar refractivity (Wildman–Crippen MR) is 245 cm³/mol. The maximum atomic E-state index is 9.34. The van der Waals surface area contributed by atoms with Crippen molar-refractivity contribution in [2.45, 2.75) is 59.3 Å². The number of aromatic nitrogens is 12. The van der Waals surface area contributed by atoms with E-state index < -0.39 is 0 Å². The van der Waals surface area contributed by atoms with Gasteiger partial charge >= 0.3 is 18.9 Å². The smallest absolute Gasteiger partial charge is 1.00 e. The molecule has 9 rings (SSSR count). The number of nitriles is 1. The molecule has 0 aliphatic rings. The van der Waals surface area contributed by atoms with Crippen molar-refractivity contribution in [1.82, 2.24) is 58.7 Å². The Kier molecular flexibility index (Phi) is 17.8. The third kappa shape index (κ3) is 11.4. The van der Waals surface area contributed by atoms with Crippen LogP contribution in [-0.4, -0.2) is 58.7 Å². The van der Waals surface area contributed by atoms with Crippen LogP contribution in [0.4, 0.5) is 0 Å². The standard InChI is InChI=1S/C15H12ClN5.C14H12BrClN4.C14H13ClN4.CH3.ClH.Li/c1-9(2)12-8-19-21-11(7-17)5-10(6-14(12)21)13-3-4-18-15(16)20-13;1-8(2)10-7-18-20-12(10)5-9(6-13(20)15)11-3-4-17-14(16)19-11;1-9(2)11-8-17-19-6-4-10(7-13(11)19)12-3-5-16-14(15)18-12;;;/h3-6,8-9H,1-2H3;3-8H,1-2H3;3-9H,1-2H3;1H3;1H;/q;;;-1;;+1/p-1. The number of hydrogen-bond acceptors (Lipinski definition) is 10. The van der Waals surface area contributed by atoms with E-state index in [0.717, 1.165) is 54.8 Å². The number of fused-ring (bicyclic) bond motifs is 3. The van der Waals surface area contributed by atoms with Gasteiger partial charge in [-0.15, -0.1) is 0 Å². The van der Waals surface area contributed by atoms with Crippen molar-refractivity contribution in [2.24, 2.45) is 0 Å². The first-order valence-corrected chi connectivity index (χ1v) is 20.8. The normalized spacial score (nSPS) is 10.7. The van der Waals surface area contributed by atoms with Crippen molar-refractivity contribution in [1.29, 1.82) is 5.26 Å². The van der Waals surface area contributed by atoms with Gasteiger partial charge in [0, 0.05) is 58.2 Å². The summed E-state index contributed by atoms with van der Waals surface area (Å²) in [5.74, 6) is 1.16. The van der Waals surface area contributed by atoms with Crippen LogP contribution in [-0.2, 0) is 0 Å². The Balaban J connectivity index is 0.000000203. The Labute approximate surface area is 407 Å². The number of hydrogen-bond donors (Lipinski definition) is 0. The summed E-state index contributed by atoms with van der Waals surface area (Å²) in [5, 5.41) is 23.1. The molecule has 0 saturated carbocycles.